The molecular weight excluding hydrogens is 354 g/mol. The molecule has 2 aliphatic rings. The number of nitrogens with zero attached hydrogens (tertiary/aromatic N) is 1. The lowest BCUT2D eigenvalue weighted by Gasteiger charge is -2.32. The lowest BCUT2D eigenvalue weighted by Crippen LogP contribution is -2.44. The van der Waals surface area contributed by atoms with Crippen molar-refractivity contribution >= 4 is 45.3 Å². The number of esters is 1. The summed E-state index contributed by atoms with van der Waals surface area (Å²) in [6, 6.07) is 5.85. The number of methoxy groups -OCH3 is 1. The van der Waals surface area contributed by atoms with E-state index in [1.54, 1.807) is 4.90 Å². The number of rotatable bonds is 2. The lowest BCUT2D eigenvalue weighted by atomic mass is 9.76. The van der Waals surface area contributed by atoms with Crippen molar-refractivity contribution < 1.29 is 14.3 Å². The molecule has 1 amide bonds. The summed E-state index contributed by atoms with van der Waals surface area (Å²) in [6.07, 6.45) is 1.66. The summed E-state index contributed by atoms with van der Waals surface area (Å²) in [5.74, 6) is 1.61. The molecule has 6 heteroatoms. The average molecular weight is 370 g/mol. The van der Waals surface area contributed by atoms with Crippen molar-refractivity contribution in [1.29, 1.82) is 0 Å². The molecule has 0 atom stereocenters. The van der Waals surface area contributed by atoms with Gasteiger partial charge in [-0.15, -0.1) is 0 Å². The predicted molar refractivity (Wildman–Crippen MR) is 86.7 cm³/mol. The third kappa shape index (κ3) is 2.38. The number of carbonyl (C=O) groups is 2. The summed E-state index contributed by atoms with van der Waals surface area (Å²) in [6.45, 7) is -0.0150. The minimum Gasteiger partial charge on any atom is -0.468 e. The first-order chi connectivity index (χ1) is 10.1. The minimum atomic E-state index is -0.460. The van der Waals surface area contributed by atoms with E-state index < -0.39 is 5.41 Å². The second kappa shape index (κ2) is 5.65. The third-order valence-corrected chi connectivity index (χ3v) is 5.76. The first kappa shape index (κ1) is 14.9. The zero-order valence-corrected chi connectivity index (χ0v) is 14.1. The molecule has 1 spiro atoms. The first-order valence-electron chi connectivity index (χ1n) is 6.85. The molecule has 1 saturated heterocycles. The summed E-state index contributed by atoms with van der Waals surface area (Å²) >= 11 is 5.37. The van der Waals surface area contributed by atoms with Crippen LogP contribution in [0.2, 0.25) is 0 Å². The van der Waals surface area contributed by atoms with Crippen molar-refractivity contribution in [2.45, 2.75) is 18.3 Å². The zero-order valence-electron chi connectivity index (χ0n) is 11.7. The van der Waals surface area contributed by atoms with Gasteiger partial charge in [-0.1, -0.05) is 15.9 Å². The van der Waals surface area contributed by atoms with E-state index in [4.69, 9.17) is 4.74 Å². The van der Waals surface area contributed by atoms with Gasteiger partial charge in [-0.2, -0.15) is 11.8 Å². The van der Waals surface area contributed by atoms with E-state index in [9.17, 15) is 9.59 Å². The molecule has 21 heavy (non-hydrogen) atoms. The predicted octanol–water partition coefficient (Wildman–Crippen LogP) is 2.73. The van der Waals surface area contributed by atoms with Crippen LogP contribution in [0.4, 0.5) is 5.69 Å². The molecule has 1 fully saturated rings. The van der Waals surface area contributed by atoms with Crippen molar-refractivity contribution in [1.82, 2.24) is 0 Å². The Bertz CT molecular complexity index is 599. The number of anilines is 1. The van der Waals surface area contributed by atoms with Crippen molar-refractivity contribution in [2.75, 3.05) is 30.1 Å². The van der Waals surface area contributed by atoms with Gasteiger partial charge in [0, 0.05) is 10.2 Å². The van der Waals surface area contributed by atoms with Crippen molar-refractivity contribution in [3.05, 3.63) is 28.2 Å². The van der Waals surface area contributed by atoms with Crippen LogP contribution in [0.1, 0.15) is 18.4 Å². The molecule has 2 aliphatic heterocycles. The molecule has 0 aliphatic carbocycles. The molecule has 0 N–H and O–H groups in total. The Morgan fingerprint density at radius 2 is 2.14 bits per heavy atom. The number of thioether (sulfide) groups is 1. The number of fused-ring (bicyclic) bond motifs is 2. The summed E-state index contributed by atoms with van der Waals surface area (Å²) in [5, 5.41) is 0. The van der Waals surface area contributed by atoms with Crippen LogP contribution in [-0.2, 0) is 19.7 Å². The molecule has 3 rings (SSSR count). The highest BCUT2D eigenvalue weighted by Gasteiger charge is 2.51. The normalized spacial score (nSPS) is 19.7. The van der Waals surface area contributed by atoms with Crippen LogP contribution in [0, 0.1) is 0 Å². The Morgan fingerprint density at radius 1 is 1.43 bits per heavy atom. The lowest BCUT2D eigenvalue weighted by molar-refractivity contribution is -0.140. The van der Waals surface area contributed by atoms with Gasteiger partial charge in [-0.05, 0) is 48.1 Å². The molecule has 1 aromatic rings. The highest BCUT2D eigenvalue weighted by atomic mass is 79.9. The third-order valence-electron chi connectivity index (χ3n) is 4.28. The summed E-state index contributed by atoms with van der Waals surface area (Å²) in [5.41, 5.74) is 1.44. The fourth-order valence-corrected chi connectivity index (χ4v) is 4.71. The SMILES string of the molecule is COC(=O)CN1C(=O)C2(CCSCC2)c2cc(Br)ccc21. The van der Waals surface area contributed by atoms with Gasteiger partial charge < -0.3 is 9.64 Å². The van der Waals surface area contributed by atoms with E-state index in [-0.39, 0.29) is 18.4 Å². The number of benzene rings is 1. The molecule has 0 bridgehead atoms. The molecule has 112 valence electrons. The molecular formula is C15H16BrNO3S. The Morgan fingerprint density at radius 3 is 2.81 bits per heavy atom. The quantitative estimate of drug-likeness (QED) is 0.752. The van der Waals surface area contributed by atoms with Crippen LogP contribution in [0.25, 0.3) is 0 Å². The second-order valence-corrected chi connectivity index (χ2v) is 7.46. The molecule has 0 radical (unpaired) electrons. The molecule has 0 unspecified atom stereocenters. The number of ether oxygens (including phenoxy) is 1. The second-order valence-electron chi connectivity index (χ2n) is 5.32. The smallest absolute Gasteiger partial charge is 0.325 e. The summed E-state index contributed by atoms with van der Waals surface area (Å²) in [4.78, 5) is 26.2. The number of halogens is 1. The zero-order chi connectivity index (χ0) is 15.0. The van der Waals surface area contributed by atoms with Gasteiger partial charge in [0.05, 0.1) is 12.5 Å². The maximum absolute atomic E-state index is 13.0. The van der Waals surface area contributed by atoms with E-state index >= 15 is 0 Å². The van der Waals surface area contributed by atoms with Gasteiger partial charge in [0.2, 0.25) is 5.91 Å². The van der Waals surface area contributed by atoms with Gasteiger partial charge in [0.1, 0.15) is 6.54 Å². The molecule has 0 saturated carbocycles. The highest BCUT2D eigenvalue weighted by Crippen LogP contribution is 2.49. The van der Waals surface area contributed by atoms with Crippen molar-refractivity contribution in [3.8, 4) is 0 Å². The molecule has 4 nitrogen and oxygen atoms in total. The number of hydrogen-bond acceptors (Lipinski definition) is 4. The summed E-state index contributed by atoms with van der Waals surface area (Å²) in [7, 11) is 1.35. The Kier molecular flexibility index (Phi) is 4.01. The van der Waals surface area contributed by atoms with Crippen molar-refractivity contribution in [3.63, 3.8) is 0 Å². The Balaban J connectivity index is 2.07. The van der Waals surface area contributed by atoms with Crippen LogP contribution < -0.4 is 4.90 Å². The Hall–Kier alpha value is -1.01. The molecule has 2 heterocycles. The standard InChI is InChI=1S/C15H16BrNO3S/c1-20-13(18)9-17-12-3-2-10(16)8-11(12)15(14(17)19)4-6-21-7-5-15/h2-3,8H,4-7,9H2,1H3. The summed E-state index contributed by atoms with van der Waals surface area (Å²) < 4.78 is 5.69. The number of amides is 1. The average Bonchev–Trinajstić information content (AvgIpc) is 2.71. The topological polar surface area (TPSA) is 46.6 Å². The largest absolute Gasteiger partial charge is 0.468 e. The minimum absolute atomic E-state index is 0.0150. The van der Waals surface area contributed by atoms with Gasteiger partial charge >= 0.3 is 5.97 Å². The molecule has 1 aromatic carbocycles. The van der Waals surface area contributed by atoms with Gasteiger partial charge in [-0.3, -0.25) is 9.59 Å². The maximum atomic E-state index is 13.0. The van der Waals surface area contributed by atoms with Crippen molar-refractivity contribution in [2.24, 2.45) is 0 Å². The van der Waals surface area contributed by atoms with Crippen LogP contribution >= 0.6 is 27.7 Å². The van der Waals surface area contributed by atoms with Crippen LogP contribution in [-0.4, -0.2) is 37.0 Å². The van der Waals surface area contributed by atoms with E-state index in [0.29, 0.717) is 0 Å². The van der Waals surface area contributed by atoms with E-state index in [2.05, 4.69) is 15.9 Å². The van der Waals surface area contributed by atoms with E-state index in [1.807, 2.05) is 30.0 Å². The highest BCUT2D eigenvalue weighted by molar-refractivity contribution is 9.10. The van der Waals surface area contributed by atoms with E-state index in [0.717, 1.165) is 40.1 Å². The van der Waals surface area contributed by atoms with Crippen LogP contribution in [0.15, 0.2) is 22.7 Å². The van der Waals surface area contributed by atoms with Crippen LogP contribution in [0.5, 0.6) is 0 Å². The van der Waals surface area contributed by atoms with Gasteiger partial charge in [0.15, 0.2) is 0 Å². The number of hydrogen-bond donors (Lipinski definition) is 0. The van der Waals surface area contributed by atoms with E-state index in [1.165, 1.54) is 7.11 Å². The maximum Gasteiger partial charge on any atom is 0.325 e. The van der Waals surface area contributed by atoms with Gasteiger partial charge in [-0.25, -0.2) is 0 Å². The monoisotopic (exact) mass is 369 g/mol. The molecule has 0 aromatic heterocycles. The van der Waals surface area contributed by atoms with Crippen LogP contribution in [0.3, 0.4) is 0 Å². The number of carbonyl (C=O) groups excluding carboxylic acids is 2. The fourth-order valence-electron chi connectivity index (χ4n) is 3.16. The fraction of sp³-hybridized carbons (Fsp3) is 0.467. The first-order valence-corrected chi connectivity index (χ1v) is 8.80. The Labute approximate surface area is 136 Å². The van der Waals surface area contributed by atoms with Gasteiger partial charge in [0.25, 0.3) is 0 Å².